The van der Waals surface area contributed by atoms with Crippen molar-refractivity contribution in [2.75, 3.05) is 13.2 Å². The molecule has 0 bridgehead atoms. The summed E-state index contributed by atoms with van der Waals surface area (Å²) < 4.78 is 18.8. The Morgan fingerprint density at radius 3 is 2.83 bits per heavy atom. The first kappa shape index (κ1) is 11.4. The molecule has 70 valence electrons. The molecule has 0 fully saturated rings. The van der Waals surface area contributed by atoms with Crippen LogP contribution in [-0.4, -0.2) is 24.1 Å². The summed E-state index contributed by atoms with van der Waals surface area (Å²) in [5.74, 6) is -0.474. The van der Waals surface area contributed by atoms with Crippen molar-refractivity contribution in [1.82, 2.24) is 0 Å². The van der Waals surface area contributed by atoms with Crippen molar-refractivity contribution in [3.63, 3.8) is 0 Å². The van der Waals surface area contributed by atoms with Gasteiger partial charge in [0.1, 0.15) is 6.61 Å². The van der Waals surface area contributed by atoms with Crippen LogP contribution in [0.2, 0.25) is 0 Å². The first-order valence-corrected chi connectivity index (χ1v) is 4.55. The molecule has 0 amide bonds. The maximum absolute atomic E-state index is 10.7. The molecule has 6 heteroatoms. The number of ether oxygens (including phenoxy) is 1. The highest BCUT2D eigenvalue weighted by Gasteiger charge is 2.01. The number of rotatable bonds is 6. The third-order valence-corrected chi connectivity index (χ3v) is 1.34. The normalized spacial score (nSPS) is 12.1. The fourth-order valence-corrected chi connectivity index (χ4v) is 0.722. The fraction of sp³-hybridized carbons (Fsp3) is 0.500. The van der Waals surface area contributed by atoms with E-state index in [4.69, 9.17) is 4.89 Å². The zero-order chi connectivity index (χ0) is 9.40. The van der Waals surface area contributed by atoms with Gasteiger partial charge in [0.2, 0.25) is 0 Å². The molecule has 0 aromatic heterocycles. The van der Waals surface area contributed by atoms with Crippen LogP contribution in [0.5, 0.6) is 0 Å². The lowest BCUT2D eigenvalue weighted by molar-refractivity contribution is -0.142. The first-order chi connectivity index (χ1) is 5.66. The molecular weight excluding hydrogens is 183 g/mol. The largest absolute Gasteiger partial charge is 0.461 e. The van der Waals surface area contributed by atoms with Crippen LogP contribution in [0.4, 0.5) is 0 Å². The van der Waals surface area contributed by atoms with E-state index in [2.05, 4.69) is 15.8 Å². The molecule has 1 N–H and O–H groups in total. The topological polar surface area (TPSA) is 72.8 Å². The monoisotopic (exact) mass is 194 g/mol. The molecule has 0 saturated heterocycles. The Morgan fingerprint density at radius 2 is 2.33 bits per heavy atom. The van der Waals surface area contributed by atoms with E-state index in [1.807, 2.05) is 0 Å². The molecule has 1 unspecified atom stereocenters. The zero-order valence-corrected chi connectivity index (χ0v) is 7.49. The molecule has 5 nitrogen and oxygen atoms in total. The number of hydrogen-bond donors (Lipinski definition) is 1. The van der Waals surface area contributed by atoms with Crippen molar-refractivity contribution in [2.45, 2.75) is 6.42 Å². The van der Waals surface area contributed by atoms with Gasteiger partial charge < -0.3 is 14.2 Å². The van der Waals surface area contributed by atoms with Crippen molar-refractivity contribution in [2.24, 2.45) is 0 Å². The predicted octanol–water partition coefficient (Wildman–Crippen LogP) is 0.504. The Labute approximate surface area is 70.9 Å². The molecule has 0 spiro atoms. The van der Waals surface area contributed by atoms with E-state index in [-0.39, 0.29) is 19.6 Å². The molecule has 0 heterocycles. The van der Waals surface area contributed by atoms with Crippen LogP contribution in [0, 0.1) is 0 Å². The van der Waals surface area contributed by atoms with Gasteiger partial charge in [0.15, 0.2) is 0 Å². The van der Waals surface area contributed by atoms with Gasteiger partial charge in [-0.05, 0) is 0 Å². The second kappa shape index (κ2) is 7.03. The van der Waals surface area contributed by atoms with Crippen LogP contribution < -0.4 is 0 Å². The van der Waals surface area contributed by atoms with Crippen LogP contribution >= 0.6 is 8.25 Å². The highest BCUT2D eigenvalue weighted by Crippen LogP contribution is 2.14. The second-order valence-electron chi connectivity index (χ2n) is 1.84. The summed E-state index contributed by atoms with van der Waals surface area (Å²) in [5, 5.41) is 0. The minimum absolute atomic E-state index is 0.0230. The number of carbonyl (C=O) groups excluding carboxylic acids is 1. The molecule has 0 aromatic carbocycles. The summed E-state index contributed by atoms with van der Waals surface area (Å²) in [6.07, 6.45) is 1.42. The molecule has 0 aliphatic heterocycles. The van der Waals surface area contributed by atoms with Gasteiger partial charge in [-0.15, -0.1) is 0 Å². The van der Waals surface area contributed by atoms with E-state index in [0.717, 1.165) is 0 Å². The van der Waals surface area contributed by atoms with Crippen LogP contribution in [0.15, 0.2) is 12.7 Å². The summed E-state index contributed by atoms with van der Waals surface area (Å²) in [5.41, 5.74) is 0. The van der Waals surface area contributed by atoms with E-state index < -0.39 is 14.2 Å². The van der Waals surface area contributed by atoms with E-state index >= 15 is 0 Å². The summed E-state index contributed by atoms with van der Waals surface area (Å²) in [6.45, 7) is 3.40. The number of hydrogen-bond acceptors (Lipinski definition) is 4. The molecule has 1 atom stereocenters. The van der Waals surface area contributed by atoms with Crippen LogP contribution in [0.3, 0.4) is 0 Å². The molecule has 0 saturated carbocycles. The lowest BCUT2D eigenvalue weighted by atomic mass is 10.5. The molecule has 0 aliphatic rings. The minimum atomic E-state index is -2.93. The van der Waals surface area contributed by atoms with Gasteiger partial charge in [-0.25, -0.2) is 0 Å². The average molecular weight is 194 g/mol. The number of carbonyl (C=O) groups is 1. The summed E-state index contributed by atoms with van der Waals surface area (Å²) in [6, 6.07) is 0. The summed E-state index contributed by atoms with van der Waals surface area (Å²) >= 11 is 0. The second-order valence-corrected chi connectivity index (χ2v) is 2.66. The zero-order valence-electron chi connectivity index (χ0n) is 6.49. The van der Waals surface area contributed by atoms with Crippen LogP contribution in [0.25, 0.3) is 0 Å². The van der Waals surface area contributed by atoms with E-state index in [1.54, 1.807) is 0 Å². The van der Waals surface area contributed by atoms with Gasteiger partial charge in [0.25, 0.3) is 0 Å². The van der Waals surface area contributed by atoms with E-state index in [0.29, 0.717) is 0 Å². The van der Waals surface area contributed by atoms with Gasteiger partial charge in [0.05, 0.1) is 13.0 Å². The molecular formula is C6H11O5P. The first-order valence-electron chi connectivity index (χ1n) is 3.29. The van der Waals surface area contributed by atoms with Crippen molar-refractivity contribution in [3.05, 3.63) is 12.7 Å². The standard InChI is InChI=1S/C6H11O5P/c1-2-4-10-6(7)3-5-11-12(8)9/h2,12H,1,3-5H2,(H,8,9). The lowest BCUT2D eigenvalue weighted by Crippen LogP contribution is -2.06. The van der Waals surface area contributed by atoms with Crippen molar-refractivity contribution < 1.29 is 23.5 Å². The van der Waals surface area contributed by atoms with Crippen molar-refractivity contribution >= 4 is 14.2 Å². The Hall–Kier alpha value is -0.640. The quantitative estimate of drug-likeness (QED) is 0.378. The Balaban J connectivity index is 3.31. The van der Waals surface area contributed by atoms with Gasteiger partial charge in [-0.3, -0.25) is 9.36 Å². The van der Waals surface area contributed by atoms with Crippen molar-refractivity contribution in [3.8, 4) is 0 Å². The van der Waals surface area contributed by atoms with Crippen LogP contribution in [-0.2, 0) is 18.6 Å². The molecule has 0 rings (SSSR count). The maximum Gasteiger partial charge on any atom is 0.316 e. The third-order valence-electron chi connectivity index (χ3n) is 0.894. The van der Waals surface area contributed by atoms with Gasteiger partial charge in [-0.2, -0.15) is 0 Å². The Morgan fingerprint density at radius 1 is 1.67 bits per heavy atom. The van der Waals surface area contributed by atoms with Crippen molar-refractivity contribution in [1.29, 1.82) is 0 Å². The minimum Gasteiger partial charge on any atom is -0.461 e. The summed E-state index contributed by atoms with van der Waals surface area (Å²) in [7, 11) is -2.93. The van der Waals surface area contributed by atoms with Gasteiger partial charge in [0, 0.05) is 0 Å². The highest BCUT2D eigenvalue weighted by molar-refractivity contribution is 7.32. The smallest absolute Gasteiger partial charge is 0.316 e. The predicted molar refractivity (Wildman–Crippen MR) is 42.9 cm³/mol. The molecule has 0 aliphatic carbocycles. The van der Waals surface area contributed by atoms with E-state index in [1.165, 1.54) is 6.08 Å². The lowest BCUT2D eigenvalue weighted by Gasteiger charge is -2.00. The SMILES string of the molecule is C=CCOC(=O)CCO[PH](=O)O. The number of esters is 1. The highest BCUT2D eigenvalue weighted by atomic mass is 31.1. The third kappa shape index (κ3) is 7.47. The van der Waals surface area contributed by atoms with E-state index in [9.17, 15) is 9.36 Å². The van der Waals surface area contributed by atoms with Gasteiger partial charge >= 0.3 is 14.2 Å². The molecule has 0 aromatic rings. The summed E-state index contributed by atoms with van der Waals surface area (Å²) in [4.78, 5) is 18.9. The molecule has 0 radical (unpaired) electrons. The fourth-order valence-electron chi connectivity index (χ4n) is 0.446. The van der Waals surface area contributed by atoms with Crippen LogP contribution in [0.1, 0.15) is 6.42 Å². The molecule has 12 heavy (non-hydrogen) atoms. The van der Waals surface area contributed by atoms with Gasteiger partial charge in [-0.1, -0.05) is 12.7 Å². The maximum atomic E-state index is 10.7. The Bertz CT molecular complexity index is 179. The Kier molecular flexibility index (Phi) is 6.66. The average Bonchev–Trinajstić information content (AvgIpc) is 2.00.